The Labute approximate surface area is 143 Å². The Hall–Kier alpha value is -1.85. The lowest BCUT2D eigenvalue weighted by molar-refractivity contribution is -0.122. The summed E-state index contributed by atoms with van der Waals surface area (Å²) in [7, 11) is 0. The monoisotopic (exact) mass is 336 g/mol. The maximum absolute atomic E-state index is 11.8. The molecule has 1 atom stereocenters. The van der Waals surface area contributed by atoms with Crippen LogP contribution in [0.4, 0.5) is 0 Å². The highest BCUT2D eigenvalue weighted by Crippen LogP contribution is 2.08. The van der Waals surface area contributed by atoms with Crippen LogP contribution in [0.5, 0.6) is 0 Å². The minimum Gasteiger partial charge on any atom is -0.354 e. The normalized spacial score (nSPS) is 11.8. The summed E-state index contributed by atoms with van der Waals surface area (Å²) in [5, 5.41) is 7.22. The lowest BCUT2D eigenvalue weighted by Gasteiger charge is -2.13. The fourth-order valence-electron chi connectivity index (χ4n) is 2.29. The van der Waals surface area contributed by atoms with Gasteiger partial charge in [-0.15, -0.1) is 12.4 Å². The molecular formula is C17H25ClN4O. The summed E-state index contributed by atoms with van der Waals surface area (Å²) in [5.41, 5.74) is 7.96. The molecule has 5 nitrogen and oxygen atoms in total. The molecule has 1 aromatic heterocycles. The molecule has 0 aliphatic rings. The molecule has 6 heteroatoms. The van der Waals surface area contributed by atoms with Gasteiger partial charge in [-0.3, -0.25) is 4.79 Å². The number of rotatable bonds is 7. The zero-order chi connectivity index (χ0) is 15.9. The molecule has 0 radical (unpaired) electrons. The summed E-state index contributed by atoms with van der Waals surface area (Å²) in [6.07, 6.45) is 5.26. The molecule has 0 spiro atoms. The van der Waals surface area contributed by atoms with E-state index in [1.54, 1.807) is 0 Å². The summed E-state index contributed by atoms with van der Waals surface area (Å²) < 4.78 is 1.83. The summed E-state index contributed by atoms with van der Waals surface area (Å²) in [6.45, 7) is 4.70. The average Bonchev–Trinajstić information content (AvgIpc) is 2.96. The van der Waals surface area contributed by atoms with E-state index in [0.717, 1.165) is 17.7 Å². The first kappa shape index (κ1) is 19.2. The minimum absolute atomic E-state index is 0. The molecular weight excluding hydrogens is 312 g/mol. The molecule has 0 bridgehead atoms. The number of hydrogen-bond acceptors (Lipinski definition) is 3. The molecule has 0 unspecified atom stereocenters. The van der Waals surface area contributed by atoms with Crippen LogP contribution in [0.15, 0.2) is 42.7 Å². The number of nitrogens with zero attached hydrogens (tertiary/aromatic N) is 2. The van der Waals surface area contributed by atoms with Crippen molar-refractivity contribution in [3.05, 3.63) is 48.3 Å². The Kier molecular flexibility index (Phi) is 7.78. The topological polar surface area (TPSA) is 72.9 Å². The third kappa shape index (κ3) is 6.04. The Morgan fingerprint density at radius 3 is 2.65 bits per heavy atom. The van der Waals surface area contributed by atoms with Gasteiger partial charge in [0.15, 0.2) is 0 Å². The highest BCUT2D eigenvalue weighted by atomic mass is 35.5. The van der Waals surface area contributed by atoms with Crippen LogP contribution in [0.25, 0.3) is 5.69 Å². The van der Waals surface area contributed by atoms with Crippen LogP contribution >= 0.6 is 12.4 Å². The number of carbonyl (C=O) groups excluding carboxylic acids is 1. The number of aromatic nitrogens is 2. The number of amides is 1. The predicted molar refractivity (Wildman–Crippen MR) is 95.0 cm³/mol. The van der Waals surface area contributed by atoms with Crippen molar-refractivity contribution in [1.29, 1.82) is 0 Å². The zero-order valence-electron chi connectivity index (χ0n) is 13.6. The van der Waals surface area contributed by atoms with Gasteiger partial charge < -0.3 is 11.1 Å². The van der Waals surface area contributed by atoms with Gasteiger partial charge in [-0.1, -0.05) is 32.0 Å². The van der Waals surface area contributed by atoms with Gasteiger partial charge in [0.2, 0.25) is 5.91 Å². The van der Waals surface area contributed by atoms with Crippen molar-refractivity contribution in [3.8, 4) is 5.69 Å². The van der Waals surface area contributed by atoms with E-state index in [1.807, 2.05) is 47.4 Å². The standard InChI is InChI=1S/C17H24N4O.ClH/c1-13(2)10-16(18)17(22)19-9-8-14-11-20-21(12-14)15-6-4-3-5-7-15;/h3-7,11-13,16H,8-10,18H2,1-2H3,(H,19,22);1H/t16-;/m0./s1. The average molecular weight is 337 g/mol. The maximum atomic E-state index is 11.8. The Balaban J connectivity index is 0.00000264. The molecule has 0 aliphatic carbocycles. The van der Waals surface area contributed by atoms with Crippen LogP contribution in [0, 0.1) is 5.92 Å². The van der Waals surface area contributed by atoms with E-state index in [0.29, 0.717) is 18.9 Å². The van der Waals surface area contributed by atoms with Crippen LogP contribution in [-0.2, 0) is 11.2 Å². The number of hydrogen-bond donors (Lipinski definition) is 2. The zero-order valence-corrected chi connectivity index (χ0v) is 14.4. The Morgan fingerprint density at radius 1 is 1.30 bits per heavy atom. The molecule has 2 rings (SSSR count). The first-order valence-electron chi connectivity index (χ1n) is 7.68. The summed E-state index contributed by atoms with van der Waals surface area (Å²) in [4.78, 5) is 11.8. The minimum atomic E-state index is -0.424. The fourth-order valence-corrected chi connectivity index (χ4v) is 2.29. The van der Waals surface area contributed by atoms with E-state index in [2.05, 4.69) is 24.3 Å². The highest BCUT2D eigenvalue weighted by molar-refractivity contribution is 5.85. The van der Waals surface area contributed by atoms with Crippen molar-refractivity contribution in [3.63, 3.8) is 0 Å². The van der Waals surface area contributed by atoms with Crippen LogP contribution in [0.2, 0.25) is 0 Å². The van der Waals surface area contributed by atoms with Crippen LogP contribution in [-0.4, -0.2) is 28.3 Å². The maximum Gasteiger partial charge on any atom is 0.236 e. The Morgan fingerprint density at radius 2 is 2.00 bits per heavy atom. The lowest BCUT2D eigenvalue weighted by atomic mass is 10.0. The van der Waals surface area contributed by atoms with Crippen molar-refractivity contribution in [1.82, 2.24) is 15.1 Å². The van der Waals surface area contributed by atoms with E-state index in [4.69, 9.17) is 5.73 Å². The molecule has 0 saturated carbocycles. The largest absolute Gasteiger partial charge is 0.354 e. The second-order valence-electron chi connectivity index (χ2n) is 5.91. The first-order chi connectivity index (χ1) is 10.6. The summed E-state index contributed by atoms with van der Waals surface area (Å²) in [6, 6.07) is 9.52. The molecule has 1 heterocycles. The molecule has 1 amide bonds. The number of benzene rings is 1. The predicted octanol–water partition coefficient (Wildman–Crippen LogP) is 2.33. The number of para-hydroxylation sites is 1. The van der Waals surface area contributed by atoms with Gasteiger partial charge in [-0.25, -0.2) is 4.68 Å². The number of nitrogens with one attached hydrogen (secondary N) is 1. The quantitative estimate of drug-likeness (QED) is 0.815. The molecule has 23 heavy (non-hydrogen) atoms. The molecule has 0 saturated heterocycles. The van der Waals surface area contributed by atoms with Gasteiger partial charge in [-0.05, 0) is 36.5 Å². The Bertz CT molecular complexity index is 598. The number of nitrogens with two attached hydrogens (primary N) is 1. The van der Waals surface area contributed by atoms with E-state index in [-0.39, 0.29) is 18.3 Å². The lowest BCUT2D eigenvalue weighted by Crippen LogP contribution is -2.42. The van der Waals surface area contributed by atoms with Crippen molar-refractivity contribution in [2.45, 2.75) is 32.7 Å². The highest BCUT2D eigenvalue weighted by Gasteiger charge is 2.14. The van der Waals surface area contributed by atoms with Gasteiger partial charge >= 0.3 is 0 Å². The second-order valence-corrected chi connectivity index (χ2v) is 5.91. The van der Waals surface area contributed by atoms with E-state index in [1.165, 1.54) is 0 Å². The van der Waals surface area contributed by atoms with Gasteiger partial charge in [0, 0.05) is 12.7 Å². The van der Waals surface area contributed by atoms with Crippen molar-refractivity contribution in [2.24, 2.45) is 11.7 Å². The second kappa shape index (κ2) is 9.33. The van der Waals surface area contributed by atoms with Gasteiger partial charge in [0.1, 0.15) is 0 Å². The van der Waals surface area contributed by atoms with Crippen LogP contribution in [0.1, 0.15) is 25.8 Å². The summed E-state index contributed by atoms with van der Waals surface area (Å²) in [5.74, 6) is 0.342. The fraction of sp³-hybridized carbons (Fsp3) is 0.412. The first-order valence-corrected chi connectivity index (χ1v) is 7.68. The van der Waals surface area contributed by atoms with Crippen LogP contribution < -0.4 is 11.1 Å². The molecule has 1 aromatic carbocycles. The molecule has 3 N–H and O–H groups in total. The van der Waals surface area contributed by atoms with Gasteiger partial charge in [-0.2, -0.15) is 5.10 Å². The van der Waals surface area contributed by atoms with Crippen molar-refractivity contribution < 1.29 is 4.79 Å². The van der Waals surface area contributed by atoms with Gasteiger partial charge in [0.25, 0.3) is 0 Å². The summed E-state index contributed by atoms with van der Waals surface area (Å²) >= 11 is 0. The third-order valence-electron chi connectivity index (χ3n) is 3.43. The number of carbonyl (C=O) groups is 1. The van der Waals surface area contributed by atoms with Crippen molar-refractivity contribution >= 4 is 18.3 Å². The van der Waals surface area contributed by atoms with E-state index in [9.17, 15) is 4.79 Å². The van der Waals surface area contributed by atoms with Gasteiger partial charge in [0.05, 0.1) is 17.9 Å². The smallest absolute Gasteiger partial charge is 0.236 e. The molecule has 0 aliphatic heterocycles. The van der Waals surface area contributed by atoms with E-state index >= 15 is 0 Å². The third-order valence-corrected chi connectivity index (χ3v) is 3.43. The van der Waals surface area contributed by atoms with Crippen LogP contribution in [0.3, 0.4) is 0 Å². The molecule has 126 valence electrons. The van der Waals surface area contributed by atoms with Crippen molar-refractivity contribution in [2.75, 3.05) is 6.54 Å². The molecule has 0 fully saturated rings. The number of halogens is 1. The van der Waals surface area contributed by atoms with E-state index < -0.39 is 6.04 Å². The SMILES string of the molecule is CC(C)C[C@H](N)C(=O)NCCc1cnn(-c2ccccc2)c1.Cl. The molecule has 2 aromatic rings.